The zero-order chi connectivity index (χ0) is 18.7. The predicted molar refractivity (Wildman–Crippen MR) is 98.6 cm³/mol. The molecule has 1 heterocycles. The van der Waals surface area contributed by atoms with E-state index in [1.54, 1.807) is 24.3 Å². The summed E-state index contributed by atoms with van der Waals surface area (Å²) in [6, 6.07) is 13.8. The number of benzene rings is 2. The van der Waals surface area contributed by atoms with Gasteiger partial charge in [-0.1, -0.05) is 41.4 Å². The highest BCUT2D eigenvalue weighted by Gasteiger charge is 2.20. The summed E-state index contributed by atoms with van der Waals surface area (Å²) >= 11 is 11.7. The highest BCUT2D eigenvalue weighted by Crippen LogP contribution is 2.21. The van der Waals surface area contributed by atoms with Crippen molar-refractivity contribution in [2.75, 3.05) is 0 Å². The molecule has 0 spiro atoms. The molecule has 3 aromatic rings. The number of nitrogens with zero attached hydrogens (tertiary/aromatic N) is 2. The average Bonchev–Trinajstić information content (AvgIpc) is 2.61. The number of hydrogen-bond donors (Lipinski definition) is 1. The van der Waals surface area contributed by atoms with Crippen molar-refractivity contribution in [2.24, 2.45) is 0 Å². The largest absolute Gasteiger partial charge is 0.283 e. The minimum atomic E-state index is -4.08. The first kappa shape index (κ1) is 18.3. The van der Waals surface area contributed by atoms with Gasteiger partial charge >= 0.3 is 0 Å². The molecule has 2 aromatic carbocycles. The van der Waals surface area contributed by atoms with Gasteiger partial charge in [0.1, 0.15) is 12.0 Å². The Morgan fingerprint density at radius 1 is 0.923 bits per heavy atom. The molecule has 0 aliphatic carbocycles. The van der Waals surface area contributed by atoms with Crippen molar-refractivity contribution < 1.29 is 13.2 Å². The Balaban J connectivity index is 1.88. The van der Waals surface area contributed by atoms with Crippen LogP contribution < -0.4 is 4.72 Å². The lowest BCUT2D eigenvalue weighted by Gasteiger charge is -2.08. The van der Waals surface area contributed by atoms with Crippen LogP contribution in [0.15, 0.2) is 65.8 Å². The molecule has 3 rings (SSSR count). The van der Waals surface area contributed by atoms with Crippen molar-refractivity contribution in [2.45, 2.75) is 4.90 Å². The number of amides is 1. The Bertz CT molecular complexity index is 1090. The van der Waals surface area contributed by atoms with Crippen LogP contribution in [-0.4, -0.2) is 24.3 Å². The number of rotatable bonds is 4. The first-order chi connectivity index (χ1) is 12.3. The maximum atomic E-state index is 12.3. The van der Waals surface area contributed by atoms with E-state index in [4.69, 9.17) is 23.2 Å². The quantitative estimate of drug-likeness (QED) is 0.713. The van der Waals surface area contributed by atoms with Crippen molar-refractivity contribution in [3.8, 4) is 11.3 Å². The van der Waals surface area contributed by atoms with E-state index >= 15 is 0 Å². The van der Waals surface area contributed by atoms with Gasteiger partial charge in [-0.3, -0.25) is 4.79 Å². The predicted octanol–water partition coefficient (Wildman–Crippen LogP) is 3.57. The van der Waals surface area contributed by atoms with Crippen LogP contribution in [0.2, 0.25) is 10.0 Å². The molecule has 6 nitrogen and oxygen atoms in total. The summed E-state index contributed by atoms with van der Waals surface area (Å²) in [5.74, 6) is -0.879. The van der Waals surface area contributed by atoms with Crippen LogP contribution in [0.25, 0.3) is 11.3 Å². The van der Waals surface area contributed by atoms with E-state index in [2.05, 4.69) is 9.97 Å². The molecule has 26 heavy (non-hydrogen) atoms. The lowest BCUT2D eigenvalue weighted by molar-refractivity contribution is 0.0976. The Kier molecular flexibility index (Phi) is 5.22. The first-order valence-electron chi connectivity index (χ1n) is 7.26. The monoisotopic (exact) mass is 407 g/mol. The number of carbonyl (C=O) groups excluding carboxylic acids is 1. The van der Waals surface area contributed by atoms with Crippen LogP contribution in [0.1, 0.15) is 10.5 Å². The van der Waals surface area contributed by atoms with Crippen molar-refractivity contribution in [3.05, 3.63) is 76.7 Å². The summed E-state index contributed by atoms with van der Waals surface area (Å²) < 4.78 is 26.6. The molecular weight excluding hydrogens is 397 g/mol. The Morgan fingerprint density at radius 3 is 2.31 bits per heavy atom. The highest BCUT2D eigenvalue weighted by atomic mass is 35.5. The van der Waals surface area contributed by atoms with Crippen molar-refractivity contribution in [1.29, 1.82) is 0 Å². The maximum Gasteiger partial charge on any atom is 0.283 e. The van der Waals surface area contributed by atoms with Crippen LogP contribution in [0.3, 0.4) is 0 Å². The second-order valence-corrected chi connectivity index (χ2v) is 7.75. The summed E-state index contributed by atoms with van der Waals surface area (Å²) in [7, 11) is -4.08. The number of aromatic nitrogens is 2. The summed E-state index contributed by atoms with van der Waals surface area (Å²) in [6.07, 6.45) is 1.18. The molecule has 1 amide bonds. The van der Waals surface area contributed by atoms with E-state index in [0.717, 1.165) is 0 Å². The van der Waals surface area contributed by atoms with E-state index in [1.807, 2.05) is 4.72 Å². The molecule has 0 unspecified atom stereocenters. The molecule has 0 saturated heterocycles. The third kappa shape index (κ3) is 4.19. The van der Waals surface area contributed by atoms with Gasteiger partial charge in [0.2, 0.25) is 0 Å². The lowest BCUT2D eigenvalue weighted by atomic mass is 10.1. The van der Waals surface area contributed by atoms with Gasteiger partial charge in [-0.25, -0.2) is 23.1 Å². The van der Waals surface area contributed by atoms with Gasteiger partial charge in [-0.15, -0.1) is 0 Å². The second kappa shape index (κ2) is 7.41. The molecule has 132 valence electrons. The molecular formula is C17H11Cl2N3O3S. The molecule has 1 aromatic heterocycles. The molecule has 0 fully saturated rings. The first-order valence-corrected chi connectivity index (χ1v) is 9.50. The van der Waals surface area contributed by atoms with E-state index < -0.39 is 15.9 Å². The van der Waals surface area contributed by atoms with Crippen LogP contribution in [0.5, 0.6) is 0 Å². The highest BCUT2D eigenvalue weighted by molar-refractivity contribution is 7.90. The van der Waals surface area contributed by atoms with Gasteiger partial charge < -0.3 is 0 Å². The molecule has 0 saturated carbocycles. The van der Waals surface area contributed by atoms with E-state index in [-0.39, 0.29) is 15.6 Å². The van der Waals surface area contributed by atoms with Crippen LogP contribution in [0.4, 0.5) is 0 Å². The number of halogens is 2. The van der Waals surface area contributed by atoms with Crippen LogP contribution >= 0.6 is 23.2 Å². The molecule has 9 heteroatoms. The fourth-order valence-corrected chi connectivity index (χ4v) is 3.61. The summed E-state index contributed by atoms with van der Waals surface area (Å²) in [5.41, 5.74) is 1.01. The lowest BCUT2D eigenvalue weighted by Crippen LogP contribution is -2.31. The van der Waals surface area contributed by atoms with Gasteiger partial charge in [-0.05, 0) is 36.4 Å². The van der Waals surface area contributed by atoms with E-state index in [1.165, 1.54) is 36.7 Å². The number of hydrogen-bond acceptors (Lipinski definition) is 5. The fraction of sp³-hybridized carbons (Fsp3) is 0. The third-order valence-electron chi connectivity index (χ3n) is 3.35. The Labute approximate surface area is 159 Å². The summed E-state index contributed by atoms with van der Waals surface area (Å²) in [5, 5.41) is 0.751. The molecule has 1 N–H and O–H groups in total. The van der Waals surface area contributed by atoms with E-state index in [0.29, 0.717) is 16.3 Å². The second-order valence-electron chi connectivity index (χ2n) is 5.19. The third-order valence-corrected chi connectivity index (χ3v) is 5.15. The number of nitrogens with one attached hydrogen (secondary N) is 1. The van der Waals surface area contributed by atoms with Crippen molar-refractivity contribution in [3.63, 3.8) is 0 Å². The van der Waals surface area contributed by atoms with Crippen LogP contribution in [0, 0.1) is 0 Å². The number of sulfonamides is 1. The van der Waals surface area contributed by atoms with E-state index in [9.17, 15) is 13.2 Å². The van der Waals surface area contributed by atoms with Gasteiger partial charge in [0.25, 0.3) is 15.9 Å². The Morgan fingerprint density at radius 2 is 1.62 bits per heavy atom. The zero-order valence-electron chi connectivity index (χ0n) is 13.1. The molecule has 0 aliphatic heterocycles. The molecule has 0 aliphatic rings. The van der Waals surface area contributed by atoms with Crippen molar-refractivity contribution >= 4 is 39.1 Å². The summed E-state index contributed by atoms with van der Waals surface area (Å²) in [6.45, 7) is 0. The number of carbonyl (C=O) groups is 1. The van der Waals surface area contributed by atoms with Crippen molar-refractivity contribution in [1.82, 2.24) is 14.7 Å². The topological polar surface area (TPSA) is 89.0 Å². The zero-order valence-corrected chi connectivity index (χ0v) is 15.4. The minimum Gasteiger partial charge on any atom is -0.266 e. The van der Waals surface area contributed by atoms with Crippen LogP contribution in [-0.2, 0) is 10.0 Å². The average molecular weight is 408 g/mol. The van der Waals surface area contributed by atoms with Gasteiger partial charge in [-0.2, -0.15) is 0 Å². The molecule has 0 radical (unpaired) electrons. The SMILES string of the molecule is O=C(NS(=O)(=O)c1cccc(Cl)c1)c1cc(-c2cccc(Cl)c2)ncn1. The van der Waals surface area contributed by atoms with Gasteiger partial charge in [0.15, 0.2) is 0 Å². The normalized spacial score (nSPS) is 11.2. The fourth-order valence-electron chi connectivity index (χ4n) is 2.15. The minimum absolute atomic E-state index is 0.0967. The maximum absolute atomic E-state index is 12.3. The molecule has 0 bridgehead atoms. The standard InChI is InChI=1S/C17H11Cl2N3O3S/c18-12-4-1-3-11(7-12)15-9-16(21-10-20-15)17(23)22-26(24,25)14-6-2-5-13(19)8-14/h1-10H,(H,22,23). The Hall–Kier alpha value is -2.48. The summed E-state index contributed by atoms with van der Waals surface area (Å²) in [4.78, 5) is 20.1. The van der Waals surface area contributed by atoms with Gasteiger partial charge in [0.05, 0.1) is 10.6 Å². The van der Waals surface area contributed by atoms with Gasteiger partial charge in [0, 0.05) is 15.6 Å². The smallest absolute Gasteiger partial charge is 0.266 e. The molecule has 0 atom stereocenters.